The van der Waals surface area contributed by atoms with Crippen molar-refractivity contribution >= 4 is 11.6 Å². The summed E-state index contributed by atoms with van der Waals surface area (Å²) in [5, 5.41) is 0. The van der Waals surface area contributed by atoms with E-state index < -0.39 is 0 Å². The highest BCUT2D eigenvalue weighted by atomic mass is 16.5. The van der Waals surface area contributed by atoms with Gasteiger partial charge < -0.3 is 4.74 Å². The van der Waals surface area contributed by atoms with Crippen molar-refractivity contribution < 1.29 is 14.3 Å². The topological polar surface area (TPSA) is 43.4 Å². The molecule has 0 spiro atoms. The average Bonchev–Trinajstić information content (AvgIpc) is 2.92. The number of carbonyl (C=O) groups is 2. The predicted molar refractivity (Wildman–Crippen MR) is 143 cm³/mol. The monoisotopic (exact) mass is 474 g/mol. The third kappa shape index (κ3) is 4.61. The fourth-order valence-corrected chi connectivity index (χ4v) is 4.91. The zero-order chi connectivity index (χ0) is 25.1. The Morgan fingerprint density at radius 2 is 1.06 bits per heavy atom. The maximum Gasteiger partial charge on any atom is 0.194 e. The summed E-state index contributed by atoms with van der Waals surface area (Å²) in [6, 6.07) is 27.7. The van der Waals surface area contributed by atoms with Gasteiger partial charge >= 0.3 is 0 Å². The van der Waals surface area contributed by atoms with E-state index in [9.17, 15) is 9.59 Å². The zero-order valence-electron chi connectivity index (χ0n) is 20.8. The Morgan fingerprint density at radius 1 is 0.583 bits per heavy atom. The molecule has 0 amide bonds. The summed E-state index contributed by atoms with van der Waals surface area (Å²) in [5.41, 5.74) is 7.34. The van der Waals surface area contributed by atoms with Gasteiger partial charge in [-0.05, 0) is 65.6 Å². The molecule has 5 rings (SSSR count). The zero-order valence-corrected chi connectivity index (χ0v) is 20.8. The lowest BCUT2D eigenvalue weighted by Crippen LogP contribution is -2.24. The quantitative estimate of drug-likeness (QED) is 0.243. The maximum atomic E-state index is 13.8. The van der Waals surface area contributed by atoms with Crippen LogP contribution in [-0.4, -0.2) is 18.2 Å². The normalized spacial score (nSPS) is 12.3. The van der Waals surface area contributed by atoms with Crippen molar-refractivity contribution in [2.24, 2.45) is 0 Å². The van der Waals surface area contributed by atoms with Crippen molar-refractivity contribution in [3.63, 3.8) is 0 Å². The minimum Gasteiger partial charge on any atom is -0.494 e. The summed E-state index contributed by atoms with van der Waals surface area (Å²) in [7, 11) is 0. The Labute approximate surface area is 212 Å². The van der Waals surface area contributed by atoms with Gasteiger partial charge in [0.25, 0.3) is 0 Å². The standard InChI is InChI=1S/C33H30O3/c1-3-19-36-27-17-13-24(14-18-27)21-26-16-15-25(20-23-11-9-22(4-2)10-12-23)30-31(26)33(35)29-8-6-5-7-28(29)32(30)34/h5-18H,3-4,19-21H2,1-2H3. The van der Waals surface area contributed by atoms with Crippen LogP contribution in [0.3, 0.4) is 0 Å². The molecule has 0 saturated carbocycles. The Kier molecular flexibility index (Phi) is 6.81. The molecule has 0 N–H and O–H groups in total. The van der Waals surface area contributed by atoms with Crippen LogP contribution in [-0.2, 0) is 19.3 Å². The van der Waals surface area contributed by atoms with Crippen molar-refractivity contribution in [2.45, 2.75) is 39.5 Å². The second kappa shape index (κ2) is 10.3. The van der Waals surface area contributed by atoms with Gasteiger partial charge in [0.15, 0.2) is 11.6 Å². The van der Waals surface area contributed by atoms with Crippen molar-refractivity contribution in [1.29, 1.82) is 0 Å². The highest BCUT2D eigenvalue weighted by Crippen LogP contribution is 2.34. The predicted octanol–water partition coefficient (Wildman–Crippen LogP) is 6.99. The van der Waals surface area contributed by atoms with E-state index in [1.807, 2.05) is 48.5 Å². The van der Waals surface area contributed by atoms with Gasteiger partial charge in [-0.3, -0.25) is 9.59 Å². The van der Waals surface area contributed by atoms with E-state index in [-0.39, 0.29) is 11.6 Å². The van der Waals surface area contributed by atoms with Crippen LogP contribution in [0.4, 0.5) is 0 Å². The lowest BCUT2D eigenvalue weighted by Gasteiger charge is -2.23. The number of fused-ring (bicyclic) bond motifs is 2. The Morgan fingerprint density at radius 3 is 1.53 bits per heavy atom. The third-order valence-electron chi connectivity index (χ3n) is 6.86. The van der Waals surface area contributed by atoms with Gasteiger partial charge in [0.05, 0.1) is 6.61 Å². The van der Waals surface area contributed by atoms with Crippen molar-refractivity contribution in [3.05, 3.63) is 135 Å². The molecular weight excluding hydrogens is 444 g/mol. The summed E-state index contributed by atoms with van der Waals surface area (Å²) in [6.07, 6.45) is 3.13. The molecule has 4 aromatic carbocycles. The van der Waals surface area contributed by atoms with Gasteiger partial charge in [-0.1, -0.05) is 86.6 Å². The Balaban J connectivity index is 1.55. The number of carbonyl (C=O) groups excluding carboxylic acids is 2. The fraction of sp³-hybridized carbons (Fsp3) is 0.212. The number of hydrogen-bond acceptors (Lipinski definition) is 3. The van der Waals surface area contributed by atoms with E-state index in [4.69, 9.17) is 4.74 Å². The average molecular weight is 475 g/mol. The van der Waals surface area contributed by atoms with E-state index in [0.29, 0.717) is 41.7 Å². The number of aryl methyl sites for hydroxylation is 1. The first-order valence-corrected chi connectivity index (χ1v) is 12.7. The molecule has 3 heteroatoms. The highest BCUT2D eigenvalue weighted by molar-refractivity contribution is 6.29. The molecule has 3 nitrogen and oxygen atoms in total. The summed E-state index contributed by atoms with van der Waals surface area (Å²) < 4.78 is 5.71. The summed E-state index contributed by atoms with van der Waals surface area (Å²) >= 11 is 0. The number of ether oxygens (including phenoxy) is 1. The van der Waals surface area contributed by atoms with Crippen LogP contribution in [0.2, 0.25) is 0 Å². The second-order valence-electron chi connectivity index (χ2n) is 9.35. The molecular formula is C33H30O3. The van der Waals surface area contributed by atoms with Crippen LogP contribution in [0, 0.1) is 0 Å². The lowest BCUT2D eigenvalue weighted by atomic mass is 9.77. The second-order valence-corrected chi connectivity index (χ2v) is 9.35. The van der Waals surface area contributed by atoms with E-state index >= 15 is 0 Å². The summed E-state index contributed by atoms with van der Waals surface area (Å²) in [4.78, 5) is 27.5. The minimum atomic E-state index is -0.0683. The fourth-order valence-electron chi connectivity index (χ4n) is 4.91. The molecule has 180 valence electrons. The summed E-state index contributed by atoms with van der Waals surface area (Å²) in [5.74, 6) is 0.707. The largest absolute Gasteiger partial charge is 0.494 e. The summed E-state index contributed by atoms with van der Waals surface area (Å²) in [6.45, 7) is 4.90. The molecule has 0 heterocycles. The van der Waals surface area contributed by atoms with E-state index in [0.717, 1.165) is 40.8 Å². The smallest absolute Gasteiger partial charge is 0.194 e. The molecule has 0 unspecified atom stereocenters. The van der Waals surface area contributed by atoms with Gasteiger partial charge in [0.1, 0.15) is 5.75 Å². The maximum absolute atomic E-state index is 13.8. The lowest BCUT2D eigenvalue weighted by molar-refractivity contribution is 0.0977. The molecule has 0 saturated heterocycles. The Bertz CT molecular complexity index is 1410. The van der Waals surface area contributed by atoms with Crippen molar-refractivity contribution in [1.82, 2.24) is 0 Å². The first-order valence-electron chi connectivity index (χ1n) is 12.7. The molecule has 0 aromatic heterocycles. The van der Waals surface area contributed by atoms with Crippen LogP contribution in [0.1, 0.15) is 79.9 Å². The Hall–Kier alpha value is -3.98. The first-order chi connectivity index (χ1) is 17.6. The van der Waals surface area contributed by atoms with E-state index in [2.05, 4.69) is 38.1 Å². The van der Waals surface area contributed by atoms with Gasteiger partial charge in [-0.25, -0.2) is 0 Å². The van der Waals surface area contributed by atoms with Crippen molar-refractivity contribution in [2.75, 3.05) is 6.61 Å². The van der Waals surface area contributed by atoms with Crippen LogP contribution < -0.4 is 4.74 Å². The molecule has 0 fully saturated rings. The van der Waals surface area contributed by atoms with Gasteiger partial charge in [-0.15, -0.1) is 0 Å². The number of hydrogen-bond donors (Lipinski definition) is 0. The highest BCUT2D eigenvalue weighted by Gasteiger charge is 2.33. The third-order valence-corrected chi connectivity index (χ3v) is 6.86. The molecule has 36 heavy (non-hydrogen) atoms. The first kappa shape index (κ1) is 23.7. The van der Waals surface area contributed by atoms with Crippen molar-refractivity contribution in [3.8, 4) is 5.75 Å². The molecule has 0 bridgehead atoms. The van der Waals surface area contributed by atoms with Gasteiger partial charge in [0, 0.05) is 22.3 Å². The number of rotatable bonds is 8. The van der Waals surface area contributed by atoms with Gasteiger partial charge in [-0.2, -0.15) is 0 Å². The number of ketones is 2. The number of benzene rings is 4. The van der Waals surface area contributed by atoms with Crippen LogP contribution in [0.5, 0.6) is 5.75 Å². The molecule has 1 aliphatic rings. The molecule has 4 aromatic rings. The minimum absolute atomic E-state index is 0.0643. The van der Waals surface area contributed by atoms with Crippen LogP contribution in [0.15, 0.2) is 84.9 Å². The molecule has 1 aliphatic carbocycles. The molecule has 0 atom stereocenters. The van der Waals surface area contributed by atoms with Gasteiger partial charge in [0.2, 0.25) is 0 Å². The molecule has 0 radical (unpaired) electrons. The van der Waals surface area contributed by atoms with E-state index in [1.54, 1.807) is 12.1 Å². The SMILES string of the molecule is CCCOc1ccc(Cc2ccc(Cc3ccc(CC)cc3)c3c2C(=O)c2ccccc2C3=O)cc1. The van der Waals surface area contributed by atoms with Crippen LogP contribution in [0.25, 0.3) is 0 Å². The van der Waals surface area contributed by atoms with E-state index in [1.165, 1.54) is 5.56 Å². The van der Waals surface area contributed by atoms with Crippen LogP contribution >= 0.6 is 0 Å². The molecule has 0 aliphatic heterocycles.